The van der Waals surface area contributed by atoms with E-state index in [1.807, 2.05) is 42.2 Å². The average Bonchev–Trinajstić information content (AvgIpc) is 2.41. The molecule has 0 saturated carbocycles. The van der Waals surface area contributed by atoms with Gasteiger partial charge in [0, 0.05) is 24.2 Å². The summed E-state index contributed by atoms with van der Waals surface area (Å²) in [5, 5.41) is 0.909. The Balaban J connectivity index is 1.93. The predicted molar refractivity (Wildman–Crippen MR) is 84.1 cm³/mol. The van der Waals surface area contributed by atoms with Gasteiger partial charge in [0.15, 0.2) is 0 Å². The fraction of sp³-hybridized carbons (Fsp3) is 0.412. The molecular formula is C17H21N3O. The molecule has 4 nitrogen and oxygen atoms in total. The van der Waals surface area contributed by atoms with Crippen molar-refractivity contribution in [1.82, 2.24) is 9.88 Å². The fourth-order valence-electron chi connectivity index (χ4n) is 2.83. The number of pyridine rings is 1. The summed E-state index contributed by atoms with van der Waals surface area (Å²) in [6.45, 7) is 7.38. The Morgan fingerprint density at radius 3 is 2.67 bits per heavy atom. The molecule has 2 N–H and O–H groups in total. The molecule has 4 heteroatoms. The van der Waals surface area contributed by atoms with Crippen molar-refractivity contribution in [2.24, 2.45) is 11.7 Å². The van der Waals surface area contributed by atoms with Crippen LogP contribution in [0.1, 0.15) is 29.9 Å². The van der Waals surface area contributed by atoms with E-state index in [2.05, 4.69) is 18.8 Å². The molecule has 0 atom stereocenters. The number of benzene rings is 1. The molecular weight excluding hydrogens is 262 g/mol. The van der Waals surface area contributed by atoms with Gasteiger partial charge in [-0.1, -0.05) is 32.0 Å². The third kappa shape index (κ3) is 2.29. The van der Waals surface area contributed by atoms with Gasteiger partial charge in [0.25, 0.3) is 5.91 Å². The van der Waals surface area contributed by atoms with Crippen molar-refractivity contribution in [3.05, 3.63) is 41.6 Å². The normalized spacial score (nSPS) is 17.1. The molecule has 21 heavy (non-hydrogen) atoms. The molecule has 1 aliphatic heterocycles. The SMILES string of the molecule is Cc1cc(C(=O)N2CC(N)(C(C)C)C2)c2ccccc2n1. The number of carbonyl (C=O) groups is 1. The molecule has 0 unspecified atom stereocenters. The summed E-state index contributed by atoms with van der Waals surface area (Å²) < 4.78 is 0. The second-order valence-corrected chi connectivity index (χ2v) is 6.38. The lowest BCUT2D eigenvalue weighted by Crippen LogP contribution is -2.71. The summed E-state index contributed by atoms with van der Waals surface area (Å²) in [6, 6.07) is 9.64. The van der Waals surface area contributed by atoms with Crippen molar-refractivity contribution < 1.29 is 4.79 Å². The van der Waals surface area contributed by atoms with E-state index in [1.54, 1.807) is 0 Å². The molecule has 110 valence electrons. The lowest BCUT2D eigenvalue weighted by atomic mass is 9.80. The molecule has 1 aromatic carbocycles. The molecule has 1 saturated heterocycles. The lowest BCUT2D eigenvalue weighted by molar-refractivity contribution is 0.0276. The smallest absolute Gasteiger partial charge is 0.254 e. The Bertz CT molecular complexity index is 702. The minimum atomic E-state index is -0.243. The van der Waals surface area contributed by atoms with Crippen LogP contribution in [0.5, 0.6) is 0 Å². The molecule has 0 radical (unpaired) electrons. The zero-order valence-corrected chi connectivity index (χ0v) is 12.8. The third-order valence-corrected chi connectivity index (χ3v) is 4.48. The van der Waals surface area contributed by atoms with Crippen molar-refractivity contribution in [2.45, 2.75) is 26.3 Å². The largest absolute Gasteiger partial charge is 0.335 e. The lowest BCUT2D eigenvalue weighted by Gasteiger charge is -2.50. The van der Waals surface area contributed by atoms with Crippen molar-refractivity contribution in [3.63, 3.8) is 0 Å². The molecule has 0 spiro atoms. The number of likely N-dealkylation sites (tertiary alicyclic amines) is 1. The number of hydrogen-bond donors (Lipinski definition) is 1. The monoisotopic (exact) mass is 283 g/mol. The van der Waals surface area contributed by atoms with E-state index in [9.17, 15) is 4.79 Å². The highest BCUT2D eigenvalue weighted by molar-refractivity contribution is 6.06. The number of amides is 1. The number of hydrogen-bond acceptors (Lipinski definition) is 3. The van der Waals surface area contributed by atoms with Crippen molar-refractivity contribution in [3.8, 4) is 0 Å². The molecule has 1 aliphatic rings. The van der Waals surface area contributed by atoms with Crippen LogP contribution in [0, 0.1) is 12.8 Å². The Labute approximate surface area is 125 Å². The topological polar surface area (TPSA) is 59.2 Å². The van der Waals surface area contributed by atoms with Crippen LogP contribution >= 0.6 is 0 Å². The zero-order valence-electron chi connectivity index (χ0n) is 12.8. The maximum absolute atomic E-state index is 12.7. The number of rotatable bonds is 2. The van der Waals surface area contributed by atoms with Gasteiger partial charge in [0.2, 0.25) is 0 Å². The van der Waals surface area contributed by atoms with Gasteiger partial charge >= 0.3 is 0 Å². The molecule has 1 amide bonds. The maximum Gasteiger partial charge on any atom is 0.254 e. The number of nitrogens with zero attached hydrogens (tertiary/aromatic N) is 2. The van der Waals surface area contributed by atoms with Crippen LogP contribution in [0.25, 0.3) is 10.9 Å². The Kier molecular flexibility index (Phi) is 3.21. The van der Waals surface area contributed by atoms with Crippen LogP contribution < -0.4 is 5.73 Å². The van der Waals surface area contributed by atoms with Crippen LogP contribution in [-0.2, 0) is 0 Å². The van der Waals surface area contributed by atoms with E-state index >= 15 is 0 Å². The van der Waals surface area contributed by atoms with E-state index in [4.69, 9.17) is 5.73 Å². The third-order valence-electron chi connectivity index (χ3n) is 4.48. The Morgan fingerprint density at radius 2 is 2.00 bits per heavy atom. The van der Waals surface area contributed by atoms with E-state index < -0.39 is 0 Å². The highest BCUT2D eigenvalue weighted by Gasteiger charge is 2.44. The molecule has 3 rings (SSSR count). The van der Waals surface area contributed by atoms with Crippen LogP contribution in [0.2, 0.25) is 0 Å². The molecule has 0 aliphatic carbocycles. The summed E-state index contributed by atoms with van der Waals surface area (Å²) in [6.07, 6.45) is 0. The average molecular weight is 283 g/mol. The molecule has 0 bridgehead atoms. The molecule has 1 aromatic heterocycles. The number of para-hydroxylation sites is 1. The number of nitrogens with two attached hydrogens (primary N) is 1. The maximum atomic E-state index is 12.7. The summed E-state index contributed by atoms with van der Waals surface area (Å²) in [7, 11) is 0. The minimum absolute atomic E-state index is 0.0541. The quantitative estimate of drug-likeness (QED) is 0.920. The highest BCUT2D eigenvalue weighted by Crippen LogP contribution is 2.29. The summed E-state index contributed by atoms with van der Waals surface area (Å²) in [4.78, 5) is 19.1. The van der Waals surface area contributed by atoms with Gasteiger partial charge in [-0.25, -0.2) is 0 Å². The number of aromatic nitrogens is 1. The van der Waals surface area contributed by atoms with Crippen molar-refractivity contribution >= 4 is 16.8 Å². The predicted octanol–water partition coefficient (Wildman–Crippen LogP) is 2.35. The number of carbonyl (C=O) groups excluding carboxylic acids is 1. The van der Waals surface area contributed by atoms with Gasteiger partial charge in [-0.15, -0.1) is 0 Å². The van der Waals surface area contributed by atoms with Gasteiger partial charge in [-0.2, -0.15) is 0 Å². The van der Waals surface area contributed by atoms with Crippen LogP contribution in [0.4, 0.5) is 0 Å². The number of aryl methyl sites for hydroxylation is 1. The van der Waals surface area contributed by atoms with Crippen LogP contribution in [0.15, 0.2) is 30.3 Å². The Hall–Kier alpha value is -1.94. The summed E-state index contributed by atoms with van der Waals surface area (Å²) >= 11 is 0. The van der Waals surface area contributed by atoms with E-state index in [0.29, 0.717) is 19.0 Å². The second kappa shape index (κ2) is 4.81. The standard InChI is InChI=1S/C17H21N3O/c1-11(2)17(18)9-20(10-17)16(21)14-8-12(3)19-15-7-5-4-6-13(14)15/h4-8,11H,9-10,18H2,1-3H3. The second-order valence-electron chi connectivity index (χ2n) is 6.38. The fourth-order valence-corrected chi connectivity index (χ4v) is 2.83. The van der Waals surface area contributed by atoms with E-state index in [1.165, 1.54) is 0 Å². The minimum Gasteiger partial charge on any atom is -0.335 e. The first-order valence-corrected chi connectivity index (χ1v) is 7.35. The van der Waals surface area contributed by atoms with Gasteiger partial charge in [-0.3, -0.25) is 9.78 Å². The number of fused-ring (bicyclic) bond motifs is 1. The summed E-state index contributed by atoms with van der Waals surface area (Å²) in [5.74, 6) is 0.427. The van der Waals surface area contributed by atoms with Gasteiger partial charge in [-0.05, 0) is 25.0 Å². The Morgan fingerprint density at radius 1 is 1.33 bits per heavy atom. The van der Waals surface area contributed by atoms with Crippen molar-refractivity contribution in [2.75, 3.05) is 13.1 Å². The van der Waals surface area contributed by atoms with Gasteiger partial charge in [0.05, 0.1) is 16.6 Å². The van der Waals surface area contributed by atoms with Crippen LogP contribution in [0.3, 0.4) is 0 Å². The zero-order chi connectivity index (χ0) is 15.2. The molecule has 1 fully saturated rings. The van der Waals surface area contributed by atoms with Crippen LogP contribution in [-0.4, -0.2) is 34.4 Å². The molecule has 2 heterocycles. The van der Waals surface area contributed by atoms with Gasteiger partial charge < -0.3 is 10.6 Å². The first kappa shape index (κ1) is 14.0. The van der Waals surface area contributed by atoms with Crippen molar-refractivity contribution in [1.29, 1.82) is 0 Å². The van der Waals surface area contributed by atoms with E-state index in [-0.39, 0.29) is 11.4 Å². The van der Waals surface area contributed by atoms with Gasteiger partial charge in [0.1, 0.15) is 0 Å². The molecule has 2 aromatic rings. The first-order valence-electron chi connectivity index (χ1n) is 7.35. The highest BCUT2D eigenvalue weighted by atomic mass is 16.2. The first-order chi connectivity index (χ1) is 9.90. The van der Waals surface area contributed by atoms with E-state index in [0.717, 1.165) is 22.2 Å². The summed E-state index contributed by atoms with van der Waals surface area (Å²) in [5.41, 5.74) is 8.50.